The Bertz CT molecular complexity index is 5240. The third kappa shape index (κ3) is 7.41. The highest BCUT2D eigenvalue weighted by molar-refractivity contribution is 6.26. The van der Waals surface area contributed by atoms with Crippen LogP contribution < -0.4 is 9.80 Å². The summed E-state index contributed by atoms with van der Waals surface area (Å²) in [5.41, 5.74) is 17.0. The number of furan rings is 4. The molecular formula is C76H56N2O4. The van der Waals surface area contributed by atoms with Gasteiger partial charge in [-0.15, -0.1) is 0 Å². The molecule has 4 heterocycles. The second-order valence-corrected chi connectivity index (χ2v) is 24.1. The normalized spacial score (nSPS) is 12.5. The van der Waals surface area contributed by atoms with Crippen molar-refractivity contribution in [1.82, 2.24) is 0 Å². The van der Waals surface area contributed by atoms with E-state index in [2.05, 4.69) is 282 Å². The lowest BCUT2D eigenvalue weighted by Crippen LogP contribution is -2.11. The Morgan fingerprint density at radius 2 is 0.720 bits per heavy atom. The molecule has 0 saturated heterocycles. The van der Waals surface area contributed by atoms with Crippen LogP contribution in [0.3, 0.4) is 0 Å². The molecule has 6 nitrogen and oxygen atoms in total. The predicted molar refractivity (Wildman–Crippen MR) is 343 cm³/mol. The van der Waals surface area contributed by atoms with E-state index >= 15 is 0 Å². The molecule has 16 aromatic rings. The van der Waals surface area contributed by atoms with Crippen molar-refractivity contribution in [3.63, 3.8) is 0 Å². The van der Waals surface area contributed by atoms with Crippen molar-refractivity contribution in [2.75, 3.05) is 9.80 Å². The van der Waals surface area contributed by atoms with E-state index < -0.39 is 0 Å². The number of hydrogen-bond donors (Lipinski definition) is 0. The first-order chi connectivity index (χ1) is 39.9. The summed E-state index contributed by atoms with van der Waals surface area (Å²) in [7, 11) is 0. The van der Waals surface area contributed by atoms with E-state index in [9.17, 15) is 0 Å². The standard InChI is InChI=1S/C76H56N2O4/c1-75(2,3)62-30-16-26-54-56-28-18-32-64(71(56)81-69(54)62)77(50-22-12-8-13-23-50)52-36-34-46-40-59-60-44-58(45-20-10-7-11-21-45)68-61-41-47-35-37-53(39-49(47)43-67(61)80-74(68)73(60)79-66(59)42-48(46)38-52)78(51-24-14-9-15-25-51)65-33-19-29-57-55-27-17-31-63(76(4,5)6)70(55)82-72(57)65/h7-44H,1-6H3. The summed E-state index contributed by atoms with van der Waals surface area (Å²) in [5, 5.41) is 12.8. The van der Waals surface area contributed by atoms with Crippen molar-refractivity contribution in [3.8, 4) is 11.1 Å². The van der Waals surface area contributed by atoms with Gasteiger partial charge >= 0.3 is 0 Å². The maximum Gasteiger partial charge on any atom is 0.179 e. The van der Waals surface area contributed by atoms with Gasteiger partial charge in [-0.25, -0.2) is 0 Å². The van der Waals surface area contributed by atoms with E-state index in [1.165, 1.54) is 11.1 Å². The second-order valence-electron chi connectivity index (χ2n) is 24.1. The van der Waals surface area contributed by atoms with Crippen molar-refractivity contribution < 1.29 is 17.7 Å². The van der Waals surface area contributed by atoms with Crippen molar-refractivity contribution in [2.24, 2.45) is 0 Å². The summed E-state index contributed by atoms with van der Waals surface area (Å²) in [6.45, 7) is 13.5. The molecule has 0 aliphatic carbocycles. The van der Waals surface area contributed by atoms with Gasteiger partial charge in [-0.2, -0.15) is 0 Å². The first-order valence-electron chi connectivity index (χ1n) is 28.3. The minimum absolute atomic E-state index is 0.0930. The molecule has 0 unspecified atom stereocenters. The molecule has 0 fully saturated rings. The predicted octanol–water partition coefficient (Wildman–Crippen LogP) is 22.8. The molecular weight excluding hydrogens is 1000 g/mol. The molecule has 0 aliphatic rings. The molecule has 0 aliphatic heterocycles. The highest BCUT2D eigenvalue weighted by Gasteiger charge is 2.28. The van der Waals surface area contributed by atoms with Crippen LogP contribution in [0, 0.1) is 0 Å². The van der Waals surface area contributed by atoms with Gasteiger partial charge in [0.15, 0.2) is 22.3 Å². The molecule has 82 heavy (non-hydrogen) atoms. The zero-order chi connectivity index (χ0) is 55.2. The van der Waals surface area contributed by atoms with E-state index in [1.54, 1.807) is 0 Å². The summed E-state index contributed by atoms with van der Waals surface area (Å²) < 4.78 is 28.2. The van der Waals surface area contributed by atoms with Crippen molar-refractivity contribution in [1.29, 1.82) is 0 Å². The van der Waals surface area contributed by atoms with E-state index in [1.807, 2.05) is 0 Å². The zero-order valence-corrected chi connectivity index (χ0v) is 46.5. The largest absolute Gasteiger partial charge is 0.454 e. The fourth-order valence-corrected chi connectivity index (χ4v) is 12.9. The van der Waals surface area contributed by atoms with Gasteiger partial charge in [0.2, 0.25) is 0 Å². The van der Waals surface area contributed by atoms with Crippen LogP contribution in [0.5, 0.6) is 0 Å². The summed E-state index contributed by atoms with van der Waals surface area (Å²) in [4.78, 5) is 4.62. The maximum atomic E-state index is 7.16. The van der Waals surface area contributed by atoms with Gasteiger partial charge < -0.3 is 27.5 Å². The molecule has 0 saturated carbocycles. The summed E-state index contributed by atoms with van der Waals surface area (Å²) in [5.74, 6) is 0. The van der Waals surface area contributed by atoms with Gasteiger partial charge in [-0.05, 0) is 134 Å². The Balaban J connectivity index is 0.861. The number of para-hydroxylation sites is 6. The number of benzene rings is 12. The molecule has 0 spiro atoms. The summed E-state index contributed by atoms with van der Waals surface area (Å²) >= 11 is 0. The summed E-state index contributed by atoms with van der Waals surface area (Å²) in [6.07, 6.45) is 0. The van der Waals surface area contributed by atoms with Gasteiger partial charge in [0.25, 0.3) is 0 Å². The number of nitrogens with zero attached hydrogens (tertiary/aromatic N) is 2. The third-order valence-electron chi connectivity index (χ3n) is 16.8. The van der Waals surface area contributed by atoms with Gasteiger partial charge in [0.1, 0.15) is 22.3 Å². The third-order valence-corrected chi connectivity index (χ3v) is 16.8. The number of hydrogen-bond acceptors (Lipinski definition) is 6. The first kappa shape index (κ1) is 47.9. The van der Waals surface area contributed by atoms with Gasteiger partial charge in [-0.3, -0.25) is 0 Å². The van der Waals surface area contributed by atoms with E-state index in [0.29, 0.717) is 0 Å². The van der Waals surface area contributed by atoms with Crippen molar-refractivity contribution >= 4 is 143 Å². The lowest BCUT2D eigenvalue weighted by atomic mass is 9.86. The molecule has 0 atom stereocenters. The first-order valence-corrected chi connectivity index (χ1v) is 28.3. The maximum absolute atomic E-state index is 7.16. The van der Waals surface area contributed by atoms with Crippen LogP contribution in [0.25, 0.3) is 120 Å². The van der Waals surface area contributed by atoms with Crippen molar-refractivity contribution in [2.45, 2.75) is 52.4 Å². The average Bonchev–Trinajstić information content (AvgIpc) is 3.73. The zero-order valence-electron chi connectivity index (χ0n) is 46.5. The van der Waals surface area contributed by atoms with Crippen molar-refractivity contribution in [3.05, 3.63) is 242 Å². The van der Waals surface area contributed by atoms with Gasteiger partial charge in [-0.1, -0.05) is 181 Å². The highest BCUT2D eigenvalue weighted by Crippen LogP contribution is 2.50. The van der Waals surface area contributed by atoms with Crippen LogP contribution in [-0.4, -0.2) is 0 Å². The Morgan fingerprint density at radius 3 is 1.22 bits per heavy atom. The Kier molecular flexibility index (Phi) is 10.4. The van der Waals surface area contributed by atoms with Gasteiger partial charge in [0.05, 0.1) is 11.4 Å². The Morgan fingerprint density at radius 1 is 0.280 bits per heavy atom. The molecule has 12 aromatic carbocycles. The number of anilines is 6. The minimum atomic E-state index is -0.0942. The van der Waals surface area contributed by atoms with Crippen LogP contribution in [0.15, 0.2) is 248 Å². The minimum Gasteiger partial charge on any atom is -0.454 e. The van der Waals surface area contributed by atoms with Crippen LogP contribution in [0.1, 0.15) is 52.7 Å². The fraction of sp³-hybridized carbons (Fsp3) is 0.105. The smallest absolute Gasteiger partial charge is 0.179 e. The second kappa shape index (κ2) is 17.7. The lowest BCUT2D eigenvalue weighted by Gasteiger charge is -2.25. The molecule has 4 aromatic heterocycles. The van der Waals surface area contributed by atoms with E-state index in [-0.39, 0.29) is 10.8 Å². The lowest BCUT2D eigenvalue weighted by molar-refractivity contribution is 0.572. The molecule has 0 radical (unpaired) electrons. The van der Waals surface area contributed by atoms with E-state index in [0.717, 1.165) is 155 Å². The monoisotopic (exact) mass is 1060 g/mol. The van der Waals surface area contributed by atoms with Crippen LogP contribution in [0.2, 0.25) is 0 Å². The molecule has 16 rings (SSSR count). The molecule has 0 bridgehead atoms. The van der Waals surface area contributed by atoms with Crippen LogP contribution in [-0.2, 0) is 10.8 Å². The fourth-order valence-electron chi connectivity index (χ4n) is 12.9. The molecule has 0 N–H and O–H groups in total. The van der Waals surface area contributed by atoms with Gasteiger partial charge in [0, 0.05) is 77.0 Å². The topological polar surface area (TPSA) is 59.0 Å². The molecule has 394 valence electrons. The average molecular weight is 1060 g/mol. The highest BCUT2D eigenvalue weighted by atomic mass is 16.4. The van der Waals surface area contributed by atoms with E-state index in [4.69, 9.17) is 17.7 Å². The van der Waals surface area contributed by atoms with Crippen LogP contribution >= 0.6 is 0 Å². The number of rotatable bonds is 7. The SMILES string of the molecule is CC(C)(C)c1cccc2c1oc1c(N(c3ccccc3)c3ccc4cc5c(cc4c3)oc3c5cc(-c4ccccc4)c4c5cc6ccc(N(c7ccccc7)c7cccc8c7oc7c(C(C)(C)C)cccc78)cc6cc5oc34)cccc12. The Hall–Kier alpha value is -10.0. The quantitative estimate of drug-likeness (QED) is 0.159. The molecule has 6 heteroatoms. The molecule has 0 amide bonds. The number of fused-ring (bicyclic) bond motifs is 15. The Labute approximate surface area is 473 Å². The summed E-state index contributed by atoms with van der Waals surface area (Å²) in [6, 6.07) is 82.4. The van der Waals surface area contributed by atoms with Crippen LogP contribution in [0.4, 0.5) is 34.1 Å².